The summed E-state index contributed by atoms with van der Waals surface area (Å²) >= 11 is 0. The maximum Gasteiger partial charge on any atom is 0.0523 e. The minimum atomic E-state index is -0.580. The number of benzene rings is 6. The maximum absolute atomic E-state index is 4.37. The first kappa shape index (κ1) is 38.9. The van der Waals surface area contributed by atoms with Crippen LogP contribution in [0.3, 0.4) is 0 Å². The Labute approximate surface area is 339 Å². The molecule has 286 valence electrons. The largest absolute Gasteiger partial charge is 0.305 e. The van der Waals surface area contributed by atoms with Crippen molar-refractivity contribution < 1.29 is 0 Å². The molecule has 0 saturated heterocycles. The van der Waals surface area contributed by atoms with Gasteiger partial charge in [0.2, 0.25) is 0 Å². The molecule has 0 radical (unpaired) electrons. The monoisotopic (exact) mass is 772 g/mol. The number of aryl methyl sites for hydroxylation is 8. The quantitative estimate of drug-likeness (QED) is 0.143. The van der Waals surface area contributed by atoms with Crippen LogP contribution in [0.15, 0.2) is 121 Å². The van der Waals surface area contributed by atoms with E-state index in [4.69, 9.17) is 0 Å². The predicted molar refractivity (Wildman–Crippen MR) is 245 cm³/mol. The van der Waals surface area contributed by atoms with Crippen molar-refractivity contribution in [3.8, 4) is 0 Å². The molecule has 8 rings (SSSR count). The van der Waals surface area contributed by atoms with Crippen molar-refractivity contribution in [2.24, 2.45) is 0 Å². The Morgan fingerprint density at radius 2 is 0.661 bits per heavy atom. The topological polar surface area (TPSA) is 24.1 Å². The van der Waals surface area contributed by atoms with Gasteiger partial charge in [0.1, 0.15) is 0 Å². The number of rotatable bonds is 9. The van der Waals surface area contributed by atoms with E-state index >= 15 is 0 Å². The third-order valence-corrected chi connectivity index (χ3v) is 16.9. The van der Waals surface area contributed by atoms with Crippen LogP contribution < -0.4 is 31.9 Å². The fourth-order valence-corrected chi connectivity index (χ4v) is 15.4. The lowest BCUT2D eigenvalue weighted by Gasteiger charge is -2.44. The molecule has 6 aromatic rings. The first-order valence-corrected chi connectivity index (χ1v) is 23.6. The van der Waals surface area contributed by atoms with Crippen LogP contribution in [-0.4, -0.2) is 24.4 Å². The SMILES string of the molecule is Cc1cc(C)cc(P(C[C@@H]2Cc3ccccc3[C@@H]([C@H]3N[C@H](CP(c4cc(C)cc(C)c4)c4cc(C)cc(C)c4)Cc4ccccc43)N2)c2cc(C)cc(C)c2)c1. The van der Waals surface area contributed by atoms with Crippen LogP contribution in [0.5, 0.6) is 0 Å². The molecule has 0 aromatic heterocycles. The second-order valence-corrected chi connectivity index (χ2v) is 21.6. The molecular weight excluding hydrogens is 715 g/mol. The second kappa shape index (κ2) is 16.5. The smallest absolute Gasteiger partial charge is 0.0523 e. The van der Waals surface area contributed by atoms with Crippen molar-refractivity contribution in [3.05, 3.63) is 188 Å². The third kappa shape index (κ3) is 8.66. The van der Waals surface area contributed by atoms with Gasteiger partial charge in [-0.3, -0.25) is 0 Å². The van der Waals surface area contributed by atoms with Crippen molar-refractivity contribution >= 4 is 37.1 Å². The van der Waals surface area contributed by atoms with E-state index in [0.29, 0.717) is 12.1 Å². The molecule has 2 nitrogen and oxygen atoms in total. The van der Waals surface area contributed by atoms with Crippen LogP contribution in [0.4, 0.5) is 0 Å². The summed E-state index contributed by atoms with van der Waals surface area (Å²) in [6.45, 7) is 18.0. The number of nitrogens with one attached hydrogen (secondary N) is 2. The van der Waals surface area contributed by atoms with Gasteiger partial charge in [0.25, 0.3) is 0 Å². The first-order chi connectivity index (χ1) is 26.9. The zero-order chi connectivity index (χ0) is 39.1. The predicted octanol–water partition coefficient (Wildman–Crippen LogP) is 10.2. The van der Waals surface area contributed by atoms with Gasteiger partial charge in [-0.25, -0.2) is 0 Å². The van der Waals surface area contributed by atoms with Gasteiger partial charge in [0, 0.05) is 12.1 Å². The third-order valence-electron chi connectivity index (χ3n) is 11.8. The fourth-order valence-electron chi connectivity index (χ4n) is 9.76. The number of fused-ring (bicyclic) bond motifs is 2. The van der Waals surface area contributed by atoms with E-state index < -0.39 is 15.8 Å². The summed E-state index contributed by atoms with van der Waals surface area (Å²) in [5.41, 5.74) is 16.7. The molecule has 2 aliphatic rings. The van der Waals surface area contributed by atoms with Gasteiger partial charge in [0.05, 0.1) is 12.1 Å². The zero-order valence-electron chi connectivity index (χ0n) is 34.6. The molecule has 0 spiro atoms. The summed E-state index contributed by atoms with van der Waals surface area (Å²) in [6, 6.07) is 48.5. The summed E-state index contributed by atoms with van der Waals surface area (Å²) < 4.78 is 0. The Hall–Kier alpha value is -3.90. The molecule has 0 saturated carbocycles. The fraction of sp³-hybridized carbons (Fsp3) is 0.308. The molecule has 2 N–H and O–H groups in total. The molecule has 0 amide bonds. The molecule has 6 aromatic carbocycles. The van der Waals surface area contributed by atoms with Crippen molar-refractivity contribution in [2.75, 3.05) is 12.3 Å². The lowest BCUT2D eigenvalue weighted by atomic mass is 9.80. The van der Waals surface area contributed by atoms with E-state index in [9.17, 15) is 0 Å². The lowest BCUT2D eigenvalue weighted by Crippen LogP contribution is -2.51. The molecule has 0 bridgehead atoms. The van der Waals surface area contributed by atoms with Gasteiger partial charge in [-0.15, -0.1) is 0 Å². The Morgan fingerprint density at radius 1 is 0.393 bits per heavy atom. The summed E-state index contributed by atoms with van der Waals surface area (Å²) in [6.07, 6.45) is 4.30. The molecule has 0 unspecified atom stereocenters. The lowest BCUT2D eigenvalue weighted by molar-refractivity contribution is 0.300. The van der Waals surface area contributed by atoms with E-state index in [1.54, 1.807) is 0 Å². The molecule has 4 heteroatoms. The maximum atomic E-state index is 4.37. The standard InChI is InChI=1S/C52H58N2P2/c1-33-17-34(2)22-45(21-33)55(46-23-35(3)18-36(4)24-46)31-43-29-41-13-9-11-15-49(41)51(53-43)52-50-16-12-10-14-42(50)30-44(54-52)32-56(47-25-37(5)19-38(6)26-47)48-27-39(7)20-40(8)28-48/h9-28,43-44,51-54H,29-32H2,1-8H3/t43-,44-,51-,52-/m0/s1. The zero-order valence-corrected chi connectivity index (χ0v) is 36.4. The van der Waals surface area contributed by atoms with Crippen molar-refractivity contribution in [3.63, 3.8) is 0 Å². The molecule has 2 heterocycles. The average molecular weight is 773 g/mol. The van der Waals surface area contributed by atoms with Gasteiger partial charge in [-0.1, -0.05) is 166 Å². The van der Waals surface area contributed by atoms with Crippen molar-refractivity contribution in [1.29, 1.82) is 0 Å². The van der Waals surface area contributed by atoms with Gasteiger partial charge in [-0.05, 0) is 140 Å². The van der Waals surface area contributed by atoms with Crippen LogP contribution in [0, 0.1) is 55.4 Å². The summed E-state index contributed by atoms with van der Waals surface area (Å²) in [5.74, 6) is 0. The molecule has 4 atom stereocenters. The van der Waals surface area contributed by atoms with Crippen LogP contribution in [0.2, 0.25) is 0 Å². The Kier molecular flexibility index (Phi) is 11.5. The Balaban J connectivity index is 1.16. The van der Waals surface area contributed by atoms with Gasteiger partial charge < -0.3 is 10.6 Å². The highest BCUT2D eigenvalue weighted by Crippen LogP contribution is 2.44. The number of hydrogen-bond acceptors (Lipinski definition) is 2. The highest BCUT2D eigenvalue weighted by atomic mass is 31.1. The van der Waals surface area contributed by atoms with Crippen LogP contribution in [0.25, 0.3) is 0 Å². The minimum absolute atomic E-state index is 0.165. The highest BCUT2D eigenvalue weighted by molar-refractivity contribution is 7.73. The Morgan fingerprint density at radius 3 is 0.946 bits per heavy atom. The van der Waals surface area contributed by atoms with Gasteiger partial charge in [-0.2, -0.15) is 0 Å². The summed E-state index contributed by atoms with van der Waals surface area (Å²) in [5, 5.41) is 14.7. The van der Waals surface area contributed by atoms with E-state index in [1.807, 2.05) is 0 Å². The summed E-state index contributed by atoms with van der Waals surface area (Å²) in [7, 11) is -1.16. The van der Waals surface area contributed by atoms with Crippen LogP contribution in [-0.2, 0) is 12.8 Å². The average Bonchev–Trinajstić information content (AvgIpc) is 3.13. The molecule has 56 heavy (non-hydrogen) atoms. The molecule has 0 aliphatic carbocycles. The van der Waals surface area contributed by atoms with Gasteiger partial charge in [0.15, 0.2) is 0 Å². The van der Waals surface area contributed by atoms with E-state index in [2.05, 4.69) is 187 Å². The van der Waals surface area contributed by atoms with E-state index in [1.165, 1.54) is 88.0 Å². The van der Waals surface area contributed by atoms with Crippen LogP contribution >= 0.6 is 15.8 Å². The van der Waals surface area contributed by atoms with Gasteiger partial charge >= 0.3 is 0 Å². The molecular formula is C52H58N2P2. The highest BCUT2D eigenvalue weighted by Gasteiger charge is 2.38. The van der Waals surface area contributed by atoms with Crippen LogP contribution in [0.1, 0.15) is 78.8 Å². The van der Waals surface area contributed by atoms with E-state index in [0.717, 1.165) is 25.2 Å². The summed E-state index contributed by atoms with van der Waals surface area (Å²) in [4.78, 5) is 0. The first-order valence-electron chi connectivity index (χ1n) is 20.5. The van der Waals surface area contributed by atoms with E-state index in [-0.39, 0.29) is 12.1 Å². The molecule has 0 fully saturated rings. The Bertz CT molecular complexity index is 2030. The number of hydrogen-bond donors (Lipinski definition) is 2. The van der Waals surface area contributed by atoms with Crippen molar-refractivity contribution in [1.82, 2.24) is 10.6 Å². The second-order valence-electron chi connectivity index (χ2n) is 17.1. The molecule has 2 aliphatic heterocycles. The van der Waals surface area contributed by atoms with Crippen molar-refractivity contribution in [2.45, 2.75) is 92.4 Å². The normalized spacial score (nSPS) is 19.2. The minimum Gasteiger partial charge on any atom is -0.305 e.